The number of thiophene rings is 1. The van der Waals surface area contributed by atoms with E-state index in [1.165, 1.54) is 11.3 Å². The van der Waals surface area contributed by atoms with Crippen LogP contribution in [0.25, 0.3) is 0 Å². The molecule has 0 spiro atoms. The van der Waals surface area contributed by atoms with Crippen molar-refractivity contribution in [1.82, 2.24) is 9.80 Å². The molecular formula is C18H22N2O4S2. The fourth-order valence-electron chi connectivity index (χ4n) is 3.93. The number of sulfone groups is 1. The zero-order valence-electron chi connectivity index (χ0n) is 14.8. The third-order valence-corrected chi connectivity index (χ3v) is 7.85. The smallest absolute Gasteiger partial charge is 0.264 e. The monoisotopic (exact) mass is 394 g/mol. The molecule has 4 rings (SSSR count). The number of fused-ring (bicyclic) bond motifs is 1. The summed E-state index contributed by atoms with van der Waals surface area (Å²) in [6.45, 7) is 5.61. The predicted octanol–water partition coefficient (Wildman–Crippen LogP) is 2.08. The van der Waals surface area contributed by atoms with Crippen molar-refractivity contribution in [3.8, 4) is 0 Å². The molecule has 2 aliphatic heterocycles. The van der Waals surface area contributed by atoms with Gasteiger partial charge in [0.2, 0.25) is 0 Å². The molecule has 2 fully saturated rings. The number of rotatable bonds is 3. The van der Waals surface area contributed by atoms with E-state index in [0.717, 1.165) is 16.4 Å². The van der Waals surface area contributed by atoms with Crippen LogP contribution in [0.4, 0.5) is 0 Å². The molecule has 2 atom stereocenters. The summed E-state index contributed by atoms with van der Waals surface area (Å²) in [6, 6.07) is 7.13. The van der Waals surface area contributed by atoms with Crippen molar-refractivity contribution < 1.29 is 17.6 Å². The highest BCUT2D eigenvalue weighted by Gasteiger charge is 2.48. The topological polar surface area (TPSA) is 70.8 Å². The lowest BCUT2D eigenvalue weighted by atomic mass is 10.0. The van der Waals surface area contributed by atoms with Crippen LogP contribution < -0.4 is 0 Å². The van der Waals surface area contributed by atoms with Gasteiger partial charge in [-0.1, -0.05) is 0 Å². The van der Waals surface area contributed by atoms with Gasteiger partial charge in [-0.15, -0.1) is 11.3 Å². The Balaban J connectivity index is 1.58. The standard InChI is InChI=1S/C18H22N2O4S2/c1-12-3-5-14(24-12)9-19-7-8-20(16-11-26(22,23)10-15(16)19)18(21)17-6-4-13(2)25-17/h3-6,15-16H,7-11H2,1-2H3. The molecule has 0 N–H and O–H groups in total. The van der Waals surface area contributed by atoms with Crippen LogP contribution in [0.1, 0.15) is 26.1 Å². The van der Waals surface area contributed by atoms with E-state index in [-0.39, 0.29) is 29.5 Å². The highest BCUT2D eigenvalue weighted by atomic mass is 32.2. The van der Waals surface area contributed by atoms with Crippen molar-refractivity contribution >= 4 is 27.1 Å². The van der Waals surface area contributed by atoms with E-state index >= 15 is 0 Å². The molecule has 2 aliphatic rings. The number of furan rings is 1. The Bertz CT molecular complexity index is 931. The van der Waals surface area contributed by atoms with Crippen molar-refractivity contribution in [1.29, 1.82) is 0 Å². The van der Waals surface area contributed by atoms with Gasteiger partial charge >= 0.3 is 0 Å². The molecule has 26 heavy (non-hydrogen) atoms. The molecular weight excluding hydrogens is 372 g/mol. The summed E-state index contributed by atoms with van der Waals surface area (Å²) in [6.07, 6.45) is 0. The first-order valence-electron chi connectivity index (χ1n) is 8.69. The number of hydrogen-bond acceptors (Lipinski definition) is 6. The van der Waals surface area contributed by atoms with E-state index in [9.17, 15) is 13.2 Å². The first-order valence-corrected chi connectivity index (χ1v) is 11.3. The maximum atomic E-state index is 12.9. The van der Waals surface area contributed by atoms with Crippen molar-refractivity contribution in [3.05, 3.63) is 45.5 Å². The maximum Gasteiger partial charge on any atom is 0.264 e. The molecule has 6 nitrogen and oxygen atoms in total. The molecule has 4 heterocycles. The number of amides is 1. The summed E-state index contributed by atoms with van der Waals surface area (Å²) >= 11 is 1.46. The fraction of sp³-hybridized carbons (Fsp3) is 0.500. The summed E-state index contributed by atoms with van der Waals surface area (Å²) in [5.41, 5.74) is 0. The Morgan fingerprint density at radius 1 is 1.15 bits per heavy atom. The van der Waals surface area contributed by atoms with Crippen LogP contribution in [-0.2, 0) is 16.4 Å². The molecule has 2 aromatic rings. The second-order valence-corrected chi connectivity index (χ2v) is 10.5. The Morgan fingerprint density at radius 2 is 1.92 bits per heavy atom. The second kappa shape index (κ2) is 6.51. The molecule has 0 aliphatic carbocycles. The van der Waals surface area contributed by atoms with E-state index in [1.54, 1.807) is 4.90 Å². The number of piperazine rings is 1. The normalized spacial score (nSPS) is 25.4. The van der Waals surface area contributed by atoms with Crippen molar-refractivity contribution in [2.24, 2.45) is 0 Å². The van der Waals surface area contributed by atoms with Gasteiger partial charge in [-0.25, -0.2) is 8.42 Å². The van der Waals surface area contributed by atoms with E-state index in [2.05, 4.69) is 4.90 Å². The first-order chi connectivity index (χ1) is 12.3. The van der Waals surface area contributed by atoms with Gasteiger partial charge in [0, 0.05) is 24.0 Å². The molecule has 0 radical (unpaired) electrons. The highest BCUT2D eigenvalue weighted by molar-refractivity contribution is 7.91. The highest BCUT2D eigenvalue weighted by Crippen LogP contribution is 2.30. The van der Waals surface area contributed by atoms with Gasteiger partial charge in [-0.3, -0.25) is 9.69 Å². The summed E-state index contributed by atoms with van der Waals surface area (Å²) in [5.74, 6) is 1.77. The van der Waals surface area contributed by atoms with Crippen LogP contribution in [-0.4, -0.2) is 60.8 Å². The lowest BCUT2D eigenvalue weighted by Crippen LogP contribution is -2.60. The van der Waals surface area contributed by atoms with Crippen LogP contribution in [0.5, 0.6) is 0 Å². The first kappa shape index (κ1) is 17.8. The largest absolute Gasteiger partial charge is 0.465 e. The van der Waals surface area contributed by atoms with Gasteiger partial charge in [0.25, 0.3) is 5.91 Å². The van der Waals surface area contributed by atoms with Gasteiger partial charge < -0.3 is 9.32 Å². The van der Waals surface area contributed by atoms with E-state index in [4.69, 9.17) is 4.42 Å². The Morgan fingerprint density at radius 3 is 2.58 bits per heavy atom. The molecule has 0 bridgehead atoms. The number of nitrogens with zero attached hydrogens (tertiary/aromatic N) is 2. The van der Waals surface area contributed by atoms with E-state index < -0.39 is 9.84 Å². The van der Waals surface area contributed by atoms with Crippen LogP contribution in [0.3, 0.4) is 0 Å². The summed E-state index contributed by atoms with van der Waals surface area (Å²) in [7, 11) is -3.16. The Kier molecular flexibility index (Phi) is 4.45. The van der Waals surface area contributed by atoms with Crippen molar-refractivity contribution in [2.45, 2.75) is 32.5 Å². The summed E-state index contributed by atoms with van der Waals surface area (Å²) in [5, 5.41) is 0. The summed E-state index contributed by atoms with van der Waals surface area (Å²) < 4.78 is 30.3. The Hall–Kier alpha value is -1.64. The molecule has 8 heteroatoms. The number of hydrogen-bond donors (Lipinski definition) is 0. The maximum absolute atomic E-state index is 12.9. The van der Waals surface area contributed by atoms with Crippen LogP contribution in [0.15, 0.2) is 28.7 Å². The van der Waals surface area contributed by atoms with Crippen molar-refractivity contribution in [3.63, 3.8) is 0 Å². The van der Waals surface area contributed by atoms with E-state index in [1.807, 2.05) is 38.1 Å². The van der Waals surface area contributed by atoms with Crippen LogP contribution in [0, 0.1) is 13.8 Å². The lowest BCUT2D eigenvalue weighted by Gasteiger charge is -2.43. The number of carbonyl (C=O) groups is 1. The number of aryl methyl sites for hydroxylation is 2. The van der Waals surface area contributed by atoms with Gasteiger partial charge in [0.15, 0.2) is 9.84 Å². The average molecular weight is 395 g/mol. The van der Waals surface area contributed by atoms with Crippen LogP contribution >= 0.6 is 11.3 Å². The minimum atomic E-state index is -3.16. The summed E-state index contributed by atoms with van der Waals surface area (Å²) in [4.78, 5) is 18.6. The molecule has 2 saturated heterocycles. The van der Waals surface area contributed by atoms with Gasteiger partial charge in [0.1, 0.15) is 11.5 Å². The molecule has 140 valence electrons. The predicted molar refractivity (Wildman–Crippen MR) is 100 cm³/mol. The SMILES string of the molecule is Cc1ccc(CN2CCN(C(=O)c3ccc(C)s3)C3CS(=O)(=O)CC32)o1. The minimum Gasteiger partial charge on any atom is -0.465 e. The fourth-order valence-corrected chi connectivity index (χ4v) is 6.77. The molecule has 2 unspecified atom stereocenters. The third-order valence-electron chi connectivity index (χ3n) is 5.16. The molecule has 0 saturated carbocycles. The number of carbonyl (C=O) groups excluding carboxylic acids is 1. The van der Waals surface area contributed by atoms with Gasteiger partial charge in [-0.2, -0.15) is 0 Å². The lowest BCUT2D eigenvalue weighted by molar-refractivity contribution is 0.0288. The van der Waals surface area contributed by atoms with Gasteiger partial charge in [-0.05, 0) is 38.1 Å². The Labute approximate surface area is 157 Å². The minimum absolute atomic E-state index is 0.0431. The molecule has 1 amide bonds. The zero-order chi connectivity index (χ0) is 18.5. The van der Waals surface area contributed by atoms with E-state index in [0.29, 0.717) is 24.5 Å². The molecule has 2 aromatic heterocycles. The average Bonchev–Trinajstić information content (AvgIpc) is 3.25. The third kappa shape index (κ3) is 3.33. The van der Waals surface area contributed by atoms with Gasteiger partial charge in [0.05, 0.1) is 29.0 Å². The second-order valence-electron chi connectivity index (χ2n) is 7.10. The molecule has 0 aromatic carbocycles. The van der Waals surface area contributed by atoms with Crippen molar-refractivity contribution in [2.75, 3.05) is 24.6 Å². The quantitative estimate of drug-likeness (QED) is 0.797. The zero-order valence-corrected chi connectivity index (χ0v) is 16.5. The van der Waals surface area contributed by atoms with Crippen LogP contribution in [0.2, 0.25) is 0 Å².